The molecule has 3 amide bonds. The van der Waals surface area contributed by atoms with E-state index in [4.69, 9.17) is 10.6 Å². The number of nitrogens with one attached hydrogen (secondary N) is 5. The minimum Gasteiger partial charge on any atom is -0.480 e. The molecule has 0 aliphatic carbocycles. The van der Waals surface area contributed by atoms with E-state index in [1.807, 2.05) is 6.92 Å². The molecule has 274 valence electrons. The fraction of sp³-hybridized carbons (Fsp3) is 0.324. The van der Waals surface area contributed by atoms with Crippen molar-refractivity contribution in [3.05, 3.63) is 87.7 Å². The van der Waals surface area contributed by atoms with E-state index in [1.165, 1.54) is 48.8 Å². The number of aliphatic carboxylic acids is 1. The van der Waals surface area contributed by atoms with E-state index in [-0.39, 0.29) is 72.3 Å². The van der Waals surface area contributed by atoms with Gasteiger partial charge in [-0.05, 0) is 74.6 Å². The van der Waals surface area contributed by atoms with Crippen LogP contribution in [0.25, 0.3) is 11.2 Å². The zero-order valence-corrected chi connectivity index (χ0v) is 28.2. The lowest BCUT2D eigenvalue weighted by Gasteiger charge is -2.17. The third-order valence-electron chi connectivity index (χ3n) is 7.51. The number of H-pyrrole nitrogens is 1. The molecule has 2 aromatic carbocycles. The minimum atomic E-state index is -1.29. The van der Waals surface area contributed by atoms with Gasteiger partial charge in [0.25, 0.3) is 17.4 Å². The van der Waals surface area contributed by atoms with Crippen molar-refractivity contribution in [2.45, 2.75) is 57.7 Å². The zero-order chi connectivity index (χ0) is 37.5. The van der Waals surface area contributed by atoms with Crippen LogP contribution in [0, 0.1) is 5.82 Å². The highest BCUT2D eigenvalue weighted by Gasteiger charge is 2.22. The average molecular weight is 718 g/mol. The van der Waals surface area contributed by atoms with Gasteiger partial charge in [0.1, 0.15) is 11.9 Å². The molecule has 2 heterocycles. The number of carbonyl (C=O) groups is 4. The molecule has 2 aromatic heterocycles. The van der Waals surface area contributed by atoms with Crippen LogP contribution >= 0.6 is 0 Å². The molecule has 0 bridgehead atoms. The van der Waals surface area contributed by atoms with Crippen LogP contribution in [0.2, 0.25) is 0 Å². The largest absolute Gasteiger partial charge is 0.480 e. The number of halogens is 1. The monoisotopic (exact) mass is 717 g/mol. The van der Waals surface area contributed by atoms with Crippen molar-refractivity contribution in [3.8, 4) is 0 Å². The van der Waals surface area contributed by atoms with Crippen LogP contribution in [0.4, 0.5) is 16.0 Å². The number of aromatic amines is 1. The van der Waals surface area contributed by atoms with Gasteiger partial charge >= 0.3 is 5.97 Å². The van der Waals surface area contributed by atoms with Gasteiger partial charge in [-0.25, -0.2) is 19.2 Å². The normalized spacial score (nSPS) is 12.2. The van der Waals surface area contributed by atoms with Gasteiger partial charge in [-0.2, -0.15) is 4.98 Å². The molecule has 0 fully saturated rings. The number of hydrogen-bond donors (Lipinski definition) is 7. The van der Waals surface area contributed by atoms with E-state index in [9.17, 15) is 33.5 Å². The molecule has 17 nitrogen and oxygen atoms in total. The van der Waals surface area contributed by atoms with E-state index in [0.717, 1.165) is 0 Å². The molecule has 4 aromatic rings. The summed E-state index contributed by atoms with van der Waals surface area (Å²) in [6.45, 7) is 2.18. The molecule has 0 saturated heterocycles. The maximum Gasteiger partial charge on any atom is 0.326 e. The Morgan fingerprint density at radius 1 is 1.02 bits per heavy atom. The van der Waals surface area contributed by atoms with Crippen molar-refractivity contribution < 1.29 is 33.5 Å². The molecule has 0 saturated carbocycles. The van der Waals surface area contributed by atoms with Crippen LogP contribution in [0.3, 0.4) is 0 Å². The van der Waals surface area contributed by atoms with E-state index >= 15 is 0 Å². The number of anilines is 2. The van der Waals surface area contributed by atoms with E-state index in [0.29, 0.717) is 42.8 Å². The highest BCUT2D eigenvalue weighted by molar-refractivity contribution is 5.97. The molecular formula is C34H39FN10O7. The molecule has 0 aliphatic heterocycles. The Balaban J connectivity index is 1.10. The lowest BCUT2D eigenvalue weighted by molar-refractivity contribution is -0.139. The van der Waals surface area contributed by atoms with Crippen molar-refractivity contribution >= 4 is 52.7 Å². The van der Waals surface area contributed by atoms with Crippen LogP contribution in [0.15, 0.2) is 64.7 Å². The maximum atomic E-state index is 12.9. The van der Waals surface area contributed by atoms with Gasteiger partial charge in [0, 0.05) is 30.3 Å². The first kappa shape index (κ1) is 38.3. The molecule has 0 radical (unpaired) electrons. The van der Waals surface area contributed by atoms with Gasteiger partial charge in [0.05, 0.1) is 24.7 Å². The summed E-state index contributed by atoms with van der Waals surface area (Å²) in [7, 11) is 0. The zero-order valence-electron chi connectivity index (χ0n) is 28.2. The predicted octanol–water partition coefficient (Wildman–Crippen LogP) is 1.85. The quantitative estimate of drug-likeness (QED) is 0.0417. The number of carboxylic acid groups (broad SMARTS) is 1. The summed E-state index contributed by atoms with van der Waals surface area (Å²) in [4.78, 5) is 80.7. The van der Waals surface area contributed by atoms with E-state index in [1.54, 1.807) is 12.1 Å². The SMILES string of the molecule is C[C@H](CCCCNC(=O)CO/N=C\c1ccc([18F])cc1)NC(=O)CC[C@H](NC(=O)c1ccc(NCc2cnc3nc(N)[nH]c(=O)c3n2)cc1)C(=O)O. The van der Waals surface area contributed by atoms with Crippen molar-refractivity contribution in [2.24, 2.45) is 5.16 Å². The van der Waals surface area contributed by atoms with Crippen molar-refractivity contribution in [2.75, 3.05) is 24.2 Å². The third kappa shape index (κ3) is 12.5. The Kier molecular flexibility index (Phi) is 14.1. The van der Waals surface area contributed by atoms with Crippen LogP contribution in [0.1, 0.15) is 60.6 Å². The number of hydrogen-bond acceptors (Lipinski definition) is 12. The number of rotatable bonds is 19. The van der Waals surface area contributed by atoms with Crippen LogP contribution < -0.4 is 32.6 Å². The van der Waals surface area contributed by atoms with Crippen molar-refractivity contribution in [1.82, 2.24) is 35.9 Å². The molecule has 18 heteroatoms. The Morgan fingerprint density at radius 2 is 1.77 bits per heavy atom. The average Bonchev–Trinajstić information content (AvgIpc) is 3.11. The topological polar surface area (TPSA) is 256 Å². The first-order valence-corrected chi connectivity index (χ1v) is 16.3. The number of carboxylic acids is 1. The summed E-state index contributed by atoms with van der Waals surface area (Å²) >= 11 is 0. The maximum absolute atomic E-state index is 12.9. The summed E-state index contributed by atoms with van der Waals surface area (Å²) in [5.74, 6) is -3.01. The number of unbranched alkanes of at least 4 members (excludes halogenated alkanes) is 1. The number of carbonyl (C=O) groups excluding carboxylic acids is 3. The molecule has 0 spiro atoms. The molecule has 52 heavy (non-hydrogen) atoms. The minimum absolute atomic E-state index is 0.0486. The van der Waals surface area contributed by atoms with Crippen LogP contribution in [-0.4, -0.2) is 80.2 Å². The predicted molar refractivity (Wildman–Crippen MR) is 189 cm³/mol. The summed E-state index contributed by atoms with van der Waals surface area (Å²) in [6, 6.07) is 10.4. The summed E-state index contributed by atoms with van der Waals surface area (Å²) in [5, 5.41) is 24.4. The highest BCUT2D eigenvalue weighted by Crippen LogP contribution is 2.13. The van der Waals surface area contributed by atoms with Crippen LogP contribution in [-0.2, 0) is 25.8 Å². The molecule has 8 N–H and O–H groups in total. The van der Waals surface area contributed by atoms with Gasteiger partial charge in [0.2, 0.25) is 11.9 Å². The number of nitrogens with two attached hydrogens (primary N) is 1. The fourth-order valence-electron chi connectivity index (χ4n) is 4.78. The highest BCUT2D eigenvalue weighted by atomic mass is 18.2. The second kappa shape index (κ2) is 19.1. The van der Waals surface area contributed by atoms with Gasteiger partial charge in [-0.3, -0.25) is 24.2 Å². The molecule has 2 atom stereocenters. The molecular weight excluding hydrogens is 678 g/mol. The summed E-state index contributed by atoms with van der Waals surface area (Å²) < 4.78 is 12.9. The lowest BCUT2D eigenvalue weighted by Crippen LogP contribution is -2.42. The molecule has 0 aliphatic rings. The van der Waals surface area contributed by atoms with Gasteiger partial charge < -0.3 is 36.9 Å². The van der Waals surface area contributed by atoms with Gasteiger partial charge in [-0.15, -0.1) is 0 Å². The summed E-state index contributed by atoms with van der Waals surface area (Å²) in [6.07, 6.45) is 4.60. The molecule has 0 unspecified atom stereocenters. The third-order valence-corrected chi connectivity index (χ3v) is 7.51. The number of aromatic nitrogens is 4. The Bertz CT molecular complexity index is 1940. The standard InChI is InChI=1S/C34H39FN10O7/c1-20(4-2-3-15-37-28(47)19-52-40-16-21-5-9-23(35)10-6-21)41-27(46)14-13-26(33(50)51)43-31(48)22-7-11-24(12-8-22)38-17-25-18-39-30-29(42-25)32(49)45-34(36)44-30/h5-12,16,18,20,26,38H,2-4,13-15,17,19H2,1H3,(H,37,47)(H,41,46)(H,43,48)(H,50,51)(H3,36,39,44,45,49)/b40-16-/t20-,26+/m1/s1/i35-1. The number of nitrogen functional groups attached to an aromatic ring is 1. The van der Waals surface area contributed by atoms with E-state index in [2.05, 4.69) is 46.4 Å². The number of fused-ring (bicyclic) bond motifs is 1. The molecule has 4 rings (SSSR count). The first-order valence-electron chi connectivity index (χ1n) is 16.3. The Hall–Kier alpha value is -6.46. The van der Waals surface area contributed by atoms with Crippen molar-refractivity contribution in [1.29, 1.82) is 0 Å². The number of benzene rings is 2. The Morgan fingerprint density at radius 3 is 2.50 bits per heavy atom. The number of oxime groups is 1. The van der Waals surface area contributed by atoms with E-state index < -0.39 is 23.5 Å². The lowest BCUT2D eigenvalue weighted by atomic mass is 10.1. The van der Waals surface area contributed by atoms with Crippen molar-refractivity contribution in [3.63, 3.8) is 0 Å². The van der Waals surface area contributed by atoms with Crippen LogP contribution in [0.5, 0.6) is 0 Å². The Labute approximate surface area is 296 Å². The van der Waals surface area contributed by atoms with Gasteiger partial charge in [0.15, 0.2) is 17.8 Å². The number of amides is 3. The fourth-order valence-corrected chi connectivity index (χ4v) is 4.78. The second-order valence-corrected chi connectivity index (χ2v) is 11.7. The summed E-state index contributed by atoms with van der Waals surface area (Å²) in [5.41, 5.74) is 7.13. The first-order chi connectivity index (χ1) is 25.0. The smallest absolute Gasteiger partial charge is 0.326 e. The van der Waals surface area contributed by atoms with Gasteiger partial charge in [-0.1, -0.05) is 17.3 Å². The number of nitrogens with zero attached hydrogens (tertiary/aromatic N) is 4. The second-order valence-electron chi connectivity index (χ2n) is 11.7.